The van der Waals surface area contributed by atoms with Crippen LogP contribution in [-0.4, -0.2) is 21.6 Å². The lowest BCUT2D eigenvalue weighted by Gasteiger charge is -2.11. The van der Waals surface area contributed by atoms with E-state index in [1.54, 1.807) is 18.3 Å². The molecule has 0 spiro atoms. The molecule has 4 aromatic rings. The number of alkyl halides is 2. The zero-order chi connectivity index (χ0) is 18.8. The summed E-state index contributed by atoms with van der Waals surface area (Å²) in [6, 6.07) is 15.8. The van der Waals surface area contributed by atoms with Crippen LogP contribution < -0.4 is 4.74 Å². The van der Waals surface area contributed by atoms with Gasteiger partial charge in [0, 0.05) is 22.7 Å². The van der Waals surface area contributed by atoms with Crippen molar-refractivity contribution in [2.75, 3.05) is 0 Å². The van der Waals surface area contributed by atoms with Gasteiger partial charge < -0.3 is 4.74 Å². The van der Waals surface area contributed by atoms with Crippen LogP contribution >= 0.6 is 11.6 Å². The largest absolute Gasteiger partial charge is 0.435 e. The quantitative estimate of drug-likeness (QED) is 0.429. The summed E-state index contributed by atoms with van der Waals surface area (Å²) in [6.07, 6.45) is 3.06. The van der Waals surface area contributed by atoms with Crippen LogP contribution in [0.1, 0.15) is 0 Å². The molecule has 2 aromatic heterocycles. The van der Waals surface area contributed by atoms with E-state index in [4.69, 9.17) is 11.6 Å². The van der Waals surface area contributed by atoms with Crippen molar-refractivity contribution >= 4 is 22.5 Å². The zero-order valence-corrected chi connectivity index (χ0v) is 14.6. The first-order chi connectivity index (χ1) is 13.1. The predicted molar refractivity (Wildman–Crippen MR) is 99.8 cm³/mol. The molecule has 0 fully saturated rings. The molecule has 2 aromatic carbocycles. The first kappa shape index (κ1) is 17.3. The van der Waals surface area contributed by atoms with E-state index in [9.17, 15) is 8.78 Å². The molecule has 0 aliphatic carbocycles. The number of halogens is 3. The molecule has 134 valence electrons. The van der Waals surface area contributed by atoms with E-state index in [1.165, 1.54) is 18.5 Å². The predicted octanol–water partition coefficient (Wildman–Crippen LogP) is 5.61. The van der Waals surface area contributed by atoms with Gasteiger partial charge in [-0.15, -0.1) is 0 Å². The highest BCUT2D eigenvalue weighted by Crippen LogP contribution is 2.34. The van der Waals surface area contributed by atoms with Crippen LogP contribution in [0.5, 0.6) is 5.75 Å². The smallest absolute Gasteiger partial charge is 0.387 e. The van der Waals surface area contributed by atoms with Crippen LogP contribution in [0.2, 0.25) is 5.15 Å². The molecular weight excluding hydrogens is 372 g/mol. The SMILES string of the molecule is FC(F)Oc1cccc(-c2ncccc2-c2ccc3ncnc(Cl)c3c2)c1. The van der Waals surface area contributed by atoms with E-state index in [-0.39, 0.29) is 5.75 Å². The first-order valence-corrected chi connectivity index (χ1v) is 8.40. The van der Waals surface area contributed by atoms with Crippen molar-refractivity contribution in [3.05, 3.63) is 72.3 Å². The van der Waals surface area contributed by atoms with Gasteiger partial charge in [-0.1, -0.05) is 35.9 Å². The normalized spacial score (nSPS) is 11.1. The van der Waals surface area contributed by atoms with Gasteiger partial charge in [0.1, 0.15) is 17.2 Å². The number of hydrogen-bond acceptors (Lipinski definition) is 4. The average molecular weight is 384 g/mol. The topological polar surface area (TPSA) is 47.9 Å². The number of pyridine rings is 1. The van der Waals surface area contributed by atoms with Crippen molar-refractivity contribution in [2.24, 2.45) is 0 Å². The lowest BCUT2D eigenvalue weighted by atomic mass is 9.98. The Morgan fingerprint density at radius 3 is 2.63 bits per heavy atom. The lowest BCUT2D eigenvalue weighted by Crippen LogP contribution is -2.01. The van der Waals surface area contributed by atoms with Crippen molar-refractivity contribution in [2.45, 2.75) is 6.61 Å². The maximum atomic E-state index is 12.5. The molecule has 0 saturated heterocycles. The molecule has 2 heterocycles. The monoisotopic (exact) mass is 383 g/mol. The number of hydrogen-bond donors (Lipinski definition) is 0. The lowest BCUT2D eigenvalue weighted by molar-refractivity contribution is -0.0498. The Morgan fingerprint density at radius 2 is 1.78 bits per heavy atom. The third kappa shape index (κ3) is 3.57. The molecule has 0 atom stereocenters. The molecule has 0 aliphatic heterocycles. The molecule has 0 aliphatic rings. The minimum Gasteiger partial charge on any atom is -0.435 e. The Morgan fingerprint density at radius 1 is 0.889 bits per heavy atom. The Balaban J connectivity index is 1.84. The number of benzene rings is 2. The van der Waals surface area contributed by atoms with Crippen molar-refractivity contribution < 1.29 is 13.5 Å². The van der Waals surface area contributed by atoms with Crippen molar-refractivity contribution in [3.8, 4) is 28.1 Å². The van der Waals surface area contributed by atoms with Crippen LogP contribution in [-0.2, 0) is 0 Å². The Kier molecular flexibility index (Phi) is 4.64. The van der Waals surface area contributed by atoms with Crippen LogP contribution in [0.15, 0.2) is 67.1 Å². The summed E-state index contributed by atoms with van der Waals surface area (Å²) in [5.74, 6) is 0.0778. The van der Waals surface area contributed by atoms with Crippen molar-refractivity contribution in [1.82, 2.24) is 15.0 Å². The van der Waals surface area contributed by atoms with Crippen molar-refractivity contribution in [3.63, 3.8) is 0 Å². The molecule has 0 amide bonds. The summed E-state index contributed by atoms with van der Waals surface area (Å²) >= 11 is 6.19. The highest BCUT2D eigenvalue weighted by atomic mass is 35.5. The molecule has 27 heavy (non-hydrogen) atoms. The van der Waals surface area contributed by atoms with Gasteiger partial charge in [0.05, 0.1) is 11.2 Å². The number of aromatic nitrogens is 3. The fourth-order valence-electron chi connectivity index (χ4n) is 2.88. The number of rotatable bonds is 4. The Bertz CT molecular complexity index is 1120. The van der Waals surface area contributed by atoms with Gasteiger partial charge in [0.15, 0.2) is 0 Å². The third-order valence-electron chi connectivity index (χ3n) is 4.04. The minimum atomic E-state index is -2.88. The molecule has 0 unspecified atom stereocenters. The fraction of sp³-hybridized carbons (Fsp3) is 0.0500. The molecular formula is C20H12ClF2N3O. The molecule has 0 N–H and O–H groups in total. The summed E-state index contributed by atoms with van der Waals surface area (Å²) in [4.78, 5) is 12.7. The van der Waals surface area contributed by atoms with E-state index in [2.05, 4.69) is 19.7 Å². The average Bonchev–Trinajstić information content (AvgIpc) is 2.68. The minimum absolute atomic E-state index is 0.0778. The number of fused-ring (bicyclic) bond motifs is 1. The summed E-state index contributed by atoms with van der Waals surface area (Å²) in [5, 5.41) is 1.08. The second-order valence-corrected chi connectivity index (χ2v) is 6.06. The van der Waals surface area contributed by atoms with Crippen LogP contribution in [0, 0.1) is 0 Å². The first-order valence-electron chi connectivity index (χ1n) is 8.03. The second-order valence-electron chi connectivity index (χ2n) is 5.70. The molecule has 0 saturated carbocycles. The molecule has 0 radical (unpaired) electrons. The Labute approximate surface area is 158 Å². The molecule has 4 rings (SSSR count). The van der Waals surface area contributed by atoms with Gasteiger partial charge in [-0.2, -0.15) is 8.78 Å². The van der Waals surface area contributed by atoms with Crippen LogP contribution in [0.3, 0.4) is 0 Å². The fourth-order valence-corrected chi connectivity index (χ4v) is 3.08. The zero-order valence-electron chi connectivity index (χ0n) is 13.8. The molecule has 7 heteroatoms. The molecule has 4 nitrogen and oxygen atoms in total. The van der Waals surface area contributed by atoms with E-state index in [0.29, 0.717) is 16.4 Å². The van der Waals surface area contributed by atoms with E-state index in [1.807, 2.05) is 30.3 Å². The molecule has 0 bridgehead atoms. The van der Waals surface area contributed by atoms with Gasteiger partial charge in [0.25, 0.3) is 0 Å². The Hall–Kier alpha value is -3.12. The van der Waals surface area contributed by atoms with Gasteiger partial charge >= 0.3 is 6.61 Å². The van der Waals surface area contributed by atoms with E-state index in [0.717, 1.165) is 22.0 Å². The van der Waals surface area contributed by atoms with E-state index >= 15 is 0 Å². The van der Waals surface area contributed by atoms with Crippen LogP contribution in [0.4, 0.5) is 8.78 Å². The van der Waals surface area contributed by atoms with Gasteiger partial charge in [-0.25, -0.2) is 9.97 Å². The highest BCUT2D eigenvalue weighted by molar-refractivity contribution is 6.34. The van der Waals surface area contributed by atoms with E-state index < -0.39 is 6.61 Å². The second kappa shape index (κ2) is 7.25. The summed E-state index contributed by atoms with van der Waals surface area (Å²) in [7, 11) is 0. The van der Waals surface area contributed by atoms with Gasteiger partial charge in [-0.05, 0) is 35.9 Å². The standard InChI is InChI=1S/C20H12ClF2N3O/c21-19-16-10-12(6-7-17(16)25-11-26-19)15-5-2-8-24-18(15)13-3-1-4-14(9-13)27-20(22)23/h1-11,20H. The van der Waals surface area contributed by atoms with Crippen LogP contribution in [0.25, 0.3) is 33.3 Å². The maximum absolute atomic E-state index is 12.5. The van der Waals surface area contributed by atoms with Gasteiger partial charge in [-0.3, -0.25) is 4.98 Å². The summed E-state index contributed by atoms with van der Waals surface area (Å²) in [5.41, 5.74) is 3.73. The van der Waals surface area contributed by atoms with Gasteiger partial charge in [0.2, 0.25) is 0 Å². The summed E-state index contributed by atoms with van der Waals surface area (Å²) < 4.78 is 29.5. The third-order valence-corrected chi connectivity index (χ3v) is 4.34. The summed E-state index contributed by atoms with van der Waals surface area (Å²) in [6.45, 7) is -2.88. The van der Waals surface area contributed by atoms with Crippen molar-refractivity contribution in [1.29, 1.82) is 0 Å². The maximum Gasteiger partial charge on any atom is 0.387 e. The number of nitrogens with zero attached hydrogens (tertiary/aromatic N) is 3. The number of ether oxygens (including phenoxy) is 1. The highest BCUT2D eigenvalue weighted by Gasteiger charge is 2.12.